The summed E-state index contributed by atoms with van der Waals surface area (Å²) in [5.41, 5.74) is 0. The summed E-state index contributed by atoms with van der Waals surface area (Å²) in [4.78, 5) is 38.1. The number of hydrogen-bond acceptors (Lipinski definition) is 6. The Kier molecular flexibility index (Phi) is 53.4. The van der Waals surface area contributed by atoms with Gasteiger partial charge in [-0.2, -0.15) is 0 Å². The first kappa shape index (κ1) is 65.1. The Morgan fingerprint density at radius 3 is 1.00 bits per heavy atom. The van der Waals surface area contributed by atoms with Crippen LogP contribution < -0.4 is 0 Å². The smallest absolute Gasteiger partial charge is 0.306 e. The third-order valence-electron chi connectivity index (χ3n) is 11.7. The van der Waals surface area contributed by atoms with Gasteiger partial charge in [-0.25, -0.2) is 0 Å². The van der Waals surface area contributed by atoms with Gasteiger partial charge in [0.05, 0.1) is 0 Å². The lowest BCUT2D eigenvalue weighted by atomic mass is 10.1. The number of allylic oxidation sites excluding steroid dienone is 18. The van der Waals surface area contributed by atoms with Crippen molar-refractivity contribution in [2.75, 3.05) is 13.2 Å². The maximum Gasteiger partial charge on any atom is 0.306 e. The van der Waals surface area contributed by atoms with Crippen LogP contribution in [-0.4, -0.2) is 37.2 Å². The van der Waals surface area contributed by atoms with Crippen molar-refractivity contribution < 1.29 is 28.6 Å². The molecule has 0 spiro atoms. The monoisotopic (exact) mass is 957 g/mol. The van der Waals surface area contributed by atoms with Crippen LogP contribution >= 0.6 is 0 Å². The predicted octanol–water partition coefficient (Wildman–Crippen LogP) is 19.1. The summed E-state index contributed by atoms with van der Waals surface area (Å²) in [6, 6.07) is 0. The van der Waals surface area contributed by atoms with Gasteiger partial charge in [0.15, 0.2) is 6.10 Å². The second kappa shape index (κ2) is 56.7. The van der Waals surface area contributed by atoms with Crippen LogP contribution in [0.1, 0.15) is 252 Å². The molecule has 0 bridgehead atoms. The van der Waals surface area contributed by atoms with Gasteiger partial charge in [-0.1, -0.05) is 220 Å². The molecular formula is C63H104O6. The van der Waals surface area contributed by atoms with E-state index in [4.69, 9.17) is 14.2 Å². The number of hydrogen-bond donors (Lipinski definition) is 0. The summed E-state index contributed by atoms with van der Waals surface area (Å²) >= 11 is 0. The summed E-state index contributed by atoms with van der Waals surface area (Å²) in [5, 5.41) is 0. The van der Waals surface area contributed by atoms with Crippen molar-refractivity contribution >= 4 is 17.9 Å². The van der Waals surface area contributed by atoms with Crippen LogP contribution in [0.25, 0.3) is 0 Å². The zero-order valence-corrected chi connectivity index (χ0v) is 44.8. The third kappa shape index (κ3) is 54.9. The maximum absolute atomic E-state index is 12.8. The second-order valence-electron chi connectivity index (χ2n) is 18.5. The van der Waals surface area contributed by atoms with Gasteiger partial charge in [0, 0.05) is 19.3 Å². The van der Waals surface area contributed by atoms with E-state index < -0.39 is 6.10 Å². The lowest BCUT2D eigenvalue weighted by molar-refractivity contribution is -0.167. The van der Waals surface area contributed by atoms with Gasteiger partial charge >= 0.3 is 17.9 Å². The molecule has 0 aliphatic heterocycles. The Hall–Kier alpha value is -3.93. The third-order valence-corrected chi connectivity index (χ3v) is 11.7. The highest BCUT2D eigenvalue weighted by molar-refractivity contribution is 5.71. The van der Waals surface area contributed by atoms with Gasteiger partial charge < -0.3 is 14.2 Å². The fourth-order valence-corrected chi connectivity index (χ4v) is 7.48. The van der Waals surface area contributed by atoms with Crippen molar-refractivity contribution in [1.29, 1.82) is 0 Å². The van der Waals surface area contributed by atoms with Crippen molar-refractivity contribution in [2.24, 2.45) is 0 Å². The first-order valence-electron chi connectivity index (χ1n) is 28.4. The first-order valence-corrected chi connectivity index (χ1v) is 28.4. The number of esters is 3. The molecule has 0 fully saturated rings. The van der Waals surface area contributed by atoms with Crippen LogP contribution in [0.2, 0.25) is 0 Å². The molecule has 69 heavy (non-hydrogen) atoms. The Morgan fingerprint density at radius 1 is 0.304 bits per heavy atom. The molecule has 0 rings (SSSR count). The highest BCUT2D eigenvalue weighted by Gasteiger charge is 2.19. The van der Waals surface area contributed by atoms with Crippen molar-refractivity contribution in [1.82, 2.24) is 0 Å². The van der Waals surface area contributed by atoms with Crippen LogP contribution in [-0.2, 0) is 28.6 Å². The molecule has 392 valence electrons. The van der Waals surface area contributed by atoms with Gasteiger partial charge in [-0.3, -0.25) is 14.4 Å². The van der Waals surface area contributed by atoms with E-state index in [0.29, 0.717) is 25.7 Å². The Labute approximate surface area is 425 Å². The molecule has 1 atom stereocenters. The maximum atomic E-state index is 12.8. The first-order chi connectivity index (χ1) is 34.0. The summed E-state index contributed by atoms with van der Waals surface area (Å²) in [7, 11) is 0. The second-order valence-corrected chi connectivity index (χ2v) is 18.5. The molecule has 0 N–H and O–H groups in total. The van der Waals surface area contributed by atoms with Crippen LogP contribution in [0.15, 0.2) is 109 Å². The van der Waals surface area contributed by atoms with E-state index in [9.17, 15) is 14.4 Å². The molecule has 0 unspecified atom stereocenters. The van der Waals surface area contributed by atoms with Crippen LogP contribution in [0.5, 0.6) is 0 Å². The van der Waals surface area contributed by atoms with Crippen molar-refractivity contribution in [3.63, 3.8) is 0 Å². The van der Waals surface area contributed by atoms with E-state index in [1.807, 2.05) is 0 Å². The molecule has 0 saturated heterocycles. The molecule has 0 aromatic heterocycles. The fraction of sp³-hybridized carbons (Fsp3) is 0.667. The number of rotatable bonds is 50. The molecule has 0 amide bonds. The van der Waals surface area contributed by atoms with E-state index in [2.05, 4.69) is 130 Å². The van der Waals surface area contributed by atoms with Crippen molar-refractivity contribution in [3.05, 3.63) is 109 Å². The van der Waals surface area contributed by atoms with Crippen molar-refractivity contribution in [3.8, 4) is 0 Å². The number of carbonyl (C=O) groups excluding carboxylic acids is 3. The highest BCUT2D eigenvalue weighted by Crippen LogP contribution is 2.14. The minimum Gasteiger partial charge on any atom is -0.462 e. The summed E-state index contributed by atoms with van der Waals surface area (Å²) < 4.78 is 16.8. The standard InChI is InChI=1S/C63H104O6/c1-4-7-10-13-16-19-22-25-28-30-31-33-35-38-41-44-47-50-53-56-62(65)68-59-60(58-67-61(64)55-52-49-46-43-40-37-34-27-24-21-18-15-12-9-6-3)69-63(66)57-54-51-48-45-42-39-36-32-29-26-23-20-17-14-11-8-5-2/h9,12,17-18,20-21,26-27,29-31,34,36,39-40,43,45,48,60H,4-8,10-11,13-16,19,22-25,28,32-33,35,37-38,41-42,44,46-47,49-59H2,1-3H3/b12-9-,20-17-,21-18-,29-26-,31-30-,34-27-,39-36-,43-40-,48-45-/t60-/m1/s1. The number of ether oxygens (including phenoxy) is 3. The van der Waals surface area contributed by atoms with Crippen LogP contribution in [0.3, 0.4) is 0 Å². The predicted molar refractivity (Wildman–Crippen MR) is 297 cm³/mol. The van der Waals surface area contributed by atoms with E-state index in [1.54, 1.807) is 0 Å². The zero-order chi connectivity index (χ0) is 50.0. The Bertz CT molecular complexity index is 1420. The molecule has 0 heterocycles. The van der Waals surface area contributed by atoms with Crippen molar-refractivity contribution in [2.45, 2.75) is 258 Å². The largest absolute Gasteiger partial charge is 0.462 e. The van der Waals surface area contributed by atoms with E-state index in [1.165, 1.54) is 116 Å². The lowest BCUT2D eigenvalue weighted by Crippen LogP contribution is -2.30. The van der Waals surface area contributed by atoms with Gasteiger partial charge in [0.25, 0.3) is 0 Å². The topological polar surface area (TPSA) is 78.9 Å². The quantitative estimate of drug-likeness (QED) is 0.0262. The van der Waals surface area contributed by atoms with Gasteiger partial charge in [-0.15, -0.1) is 0 Å². The van der Waals surface area contributed by atoms with Gasteiger partial charge in [-0.05, 0) is 122 Å². The van der Waals surface area contributed by atoms with E-state index >= 15 is 0 Å². The molecule has 0 aromatic carbocycles. The van der Waals surface area contributed by atoms with Crippen LogP contribution in [0.4, 0.5) is 0 Å². The minimum atomic E-state index is -0.828. The average Bonchev–Trinajstić information content (AvgIpc) is 3.35. The lowest BCUT2D eigenvalue weighted by Gasteiger charge is -2.18. The summed E-state index contributed by atoms with van der Waals surface area (Å²) in [6.07, 6.45) is 76.6. The molecule has 6 nitrogen and oxygen atoms in total. The Morgan fingerprint density at radius 2 is 0.580 bits per heavy atom. The molecule has 0 radical (unpaired) electrons. The Balaban J connectivity index is 4.53. The molecule has 0 aliphatic carbocycles. The van der Waals surface area contributed by atoms with Gasteiger partial charge in [0.2, 0.25) is 0 Å². The van der Waals surface area contributed by atoms with Gasteiger partial charge in [0.1, 0.15) is 13.2 Å². The minimum absolute atomic E-state index is 0.117. The molecule has 0 aliphatic rings. The van der Waals surface area contributed by atoms with Crippen LogP contribution in [0, 0.1) is 0 Å². The number of carbonyl (C=O) groups is 3. The molecule has 0 saturated carbocycles. The highest BCUT2D eigenvalue weighted by atomic mass is 16.6. The molecular weight excluding hydrogens is 853 g/mol. The fourth-order valence-electron chi connectivity index (χ4n) is 7.48. The molecule has 6 heteroatoms. The normalized spacial score (nSPS) is 12.9. The molecule has 0 aromatic rings. The SMILES string of the molecule is CC/C=C\C/C=C\C/C=C\C/C=C\CCCCC(=O)OC[C@H](COC(=O)CCCCCCCCC/C=C\CCCCCCCCCC)OC(=O)CCC/C=C\C/C=C\C/C=C\C/C=C\CCCCC. The zero-order valence-electron chi connectivity index (χ0n) is 44.8. The van der Waals surface area contributed by atoms with E-state index in [-0.39, 0.29) is 37.5 Å². The van der Waals surface area contributed by atoms with E-state index in [0.717, 1.165) is 83.5 Å². The number of unbranched alkanes of at least 4 members (excludes halogenated alkanes) is 21. The summed E-state index contributed by atoms with van der Waals surface area (Å²) in [6.45, 7) is 6.41. The summed E-state index contributed by atoms with van der Waals surface area (Å²) in [5.74, 6) is -1.02. The average molecular weight is 958 g/mol.